The van der Waals surface area contributed by atoms with E-state index in [1.807, 2.05) is 26.8 Å². The molecule has 0 aliphatic rings. The van der Waals surface area contributed by atoms with Crippen molar-refractivity contribution in [3.05, 3.63) is 42.1 Å². The number of carbonyl (C=O) groups is 2. The first-order valence-electron chi connectivity index (χ1n) is 9.89. The van der Waals surface area contributed by atoms with Crippen LogP contribution in [0.4, 0.5) is 5.82 Å². The Bertz CT molecular complexity index is 846. The molecule has 10 heteroatoms. The molecule has 3 N–H and O–H groups in total. The predicted octanol–water partition coefficient (Wildman–Crippen LogP) is 2.33. The van der Waals surface area contributed by atoms with Crippen molar-refractivity contribution < 1.29 is 24.5 Å². The van der Waals surface area contributed by atoms with Gasteiger partial charge in [-0.25, -0.2) is 9.97 Å². The van der Waals surface area contributed by atoms with Crippen LogP contribution in [0.15, 0.2) is 30.9 Å². The summed E-state index contributed by atoms with van der Waals surface area (Å²) in [7, 11) is -0.719. The van der Waals surface area contributed by atoms with Gasteiger partial charge < -0.3 is 24.7 Å². The average Bonchev–Trinajstić information content (AvgIpc) is 3.07. The second-order valence-electron chi connectivity index (χ2n) is 8.20. The summed E-state index contributed by atoms with van der Waals surface area (Å²) in [6, 6.07) is 3.57. The van der Waals surface area contributed by atoms with E-state index >= 15 is 0 Å². The molecule has 0 fully saturated rings. The Morgan fingerprint density at radius 3 is 2.60 bits per heavy atom. The first-order chi connectivity index (χ1) is 14.0. The van der Waals surface area contributed by atoms with Crippen LogP contribution in [0, 0.1) is 0 Å². The van der Waals surface area contributed by atoms with Gasteiger partial charge >= 0.3 is 19.0 Å². The number of aliphatic carboxylic acids is 1. The van der Waals surface area contributed by atoms with Gasteiger partial charge in [-0.1, -0.05) is 6.07 Å². The van der Waals surface area contributed by atoms with Crippen molar-refractivity contribution in [2.75, 3.05) is 5.23 Å². The smallest absolute Gasteiger partial charge is 0.408 e. The molecule has 0 aliphatic heterocycles. The number of esters is 1. The summed E-state index contributed by atoms with van der Waals surface area (Å²) in [6.07, 6.45) is 5.90. The number of hydrogen-bond donors (Lipinski definition) is 3. The highest BCUT2D eigenvalue weighted by atomic mass is 16.6. The highest BCUT2D eigenvalue weighted by Gasteiger charge is 2.29. The van der Waals surface area contributed by atoms with Crippen LogP contribution in [0.5, 0.6) is 0 Å². The van der Waals surface area contributed by atoms with Gasteiger partial charge in [-0.2, -0.15) is 0 Å². The molecule has 9 nitrogen and oxygen atoms in total. The van der Waals surface area contributed by atoms with Gasteiger partial charge in [0.25, 0.3) is 0 Å². The number of imidazole rings is 1. The van der Waals surface area contributed by atoms with Crippen LogP contribution < -0.4 is 5.23 Å². The molecule has 0 aromatic carbocycles. The lowest BCUT2D eigenvalue weighted by Crippen LogP contribution is -2.29. The van der Waals surface area contributed by atoms with E-state index in [4.69, 9.17) is 9.84 Å². The molecule has 0 amide bonds. The maximum absolute atomic E-state index is 12.9. The number of nitrogens with one attached hydrogen (secondary N) is 1. The maximum atomic E-state index is 12.9. The van der Waals surface area contributed by atoms with Crippen LogP contribution in [0.25, 0.3) is 0 Å². The van der Waals surface area contributed by atoms with E-state index in [0.717, 1.165) is 5.56 Å². The summed E-state index contributed by atoms with van der Waals surface area (Å²) in [4.78, 5) is 32.2. The minimum absolute atomic E-state index is 0.0710. The van der Waals surface area contributed by atoms with Crippen molar-refractivity contribution in [3.63, 3.8) is 0 Å². The van der Waals surface area contributed by atoms with Crippen LogP contribution in [0.1, 0.15) is 50.8 Å². The predicted molar refractivity (Wildman–Crippen MR) is 113 cm³/mol. The molecule has 0 saturated carbocycles. The Morgan fingerprint density at radius 2 is 2.03 bits per heavy atom. The van der Waals surface area contributed by atoms with E-state index in [1.54, 1.807) is 36.2 Å². The first kappa shape index (κ1) is 23.4. The van der Waals surface area contributed by atoms with E-state index in [9.17, 15) is 14.6 Å². The Hall–Kier alpha value is -2.88. The number of aryl methyl sites for hydroxylation is 1. The monoisotopic (exact) mass is 416 g/mol. The Kier molecular flexibility index (Phi) is 7.99. The van der Waals surface area contributed by atoms with Crippen LogP contribution in [0.3, 0.4) is 0 Å². The number of rotatable bonds is 10. The summed E-state index contributed by atoms with van der Waals surface area (Å²) in [5.74, 6) is -1.32. The number of carboxylic acid groups (broad SMARTS) is 1. The summed E-state index contributed by atoms with van der Waals surface area (Å²) >= 11 is 0. The molecule has 0 spiro atoms. The average molecular weight is 416 g/mol. The molecule has 0 radical (unpaired) electrons. The molecule has 1 unspecified atom stereocenters. The SMILES string of the molecule is CB(O)Nc1ccc(CC(C(=O)OC(C)(C)C)c2cn(CCCC(=O)O)cn2)cn1. The standard InChI is InChI=1S/C20H29BN4O5/c1-20(2,3)30-19(28)15(10-14-7-8-17(22-11-14)24-21(4)29)16-12-25(13-23-16)9-5-6-18(26)27/h7-8,11-13,15,29H,5-6,9-10H2,1-4H3,(H,22,24)(H,26,27). The van der Waals surface area contributed by atoms with E-state index in [1.165, 1.54) is 0 Å². The zero-order chi connectivity index (χ0) is 22.3. The van der Waals surface area contributed by atoms with Gasteiger partial charge in [0, 0.05) is 25.4 Å². The Morgan fingerprint density at radius 1 is 1.30 bits per heavy atom. The highest BCUT2D eigenvalue weighted by Crippen LogP contribution is 2.24. The van der Waals surface area contributed by atoms with Gasteiger partial charge in [0.15, 0.2) is 0 Å². The lowest BCUT2D eigenvalue weighted by atomic mass is 9.89. The van der Waals surface area contributed by atoms with E-state index < -0.39 is 24.5 Å². The molecule has 2 heterocycles. The van der Waals surface area contributed by atoms with Gasteiger partial charge in [-0.3, -0.25) is 9.59 Å². The van der Waals surface area contributed by atoms with Crippen molar-refractivity contribution in [2.24, 2.45) is 0 Å². The number of carbonyl (C=O) groups excluding carboxylic acids is 1. The molecule has 2 aromatic heterocycles. The number of aromatic nitrogens is 3. The van der Waals surface area contributed by atoms with E-state index in [2.05, 4.69) is 15.2 Å². The van der Waals surface area contributed by atoms with Gasteiger partial charge in [0.1, 0.15) is 17.3 Å². The fourth-order valence-electron chi connectivity index (χ4n) is 2.85. The summed E-state index contributed by atoms with van der Waals surface area (Å²) in [5.41, 5.74) is 0.746. The van der Waals surface area contributed by atoms with Crippen LogP contribution in [-0.2, 0) is 27.3 Å². The second kappa shape index (κ2) is 10.2. The van der Waals surface area contributed by atoms with E-state index in [-0.39, 0.29) is 12.4 Å². The zero-order valence-corrected chi connectivity index (χ0v) is 17.8. The van der Waals surface area contributed by atoms with Crippen molar-refractivity contribution >= 4 is 24.8 Å². The van der Waals surface area contributed by atoms with Crippen LogP contribution in [-0.4, -0.2) is 49.3 Å². The highest BCUT2D eigenvalue weighted by molar-refractivity contribution is 6.52. The van der Waals surface area contributed by atoms with E-state index in [0.29, 0.717) is 30.9 Å². The topological polar surface area (TPSA) is 127 Å². The van der Waals surface area contributed by atoms with Gasteiger partial charge in [-0.15, -0.1) is 0 Å². The fourth-order valence-corrected chi connectivity index (χ4v) is 2.85. The molecule has 1 atom stereocenters. The Labute approximate surface area is 176 Å². The van der Waals surface area contributed by atoms with Crippen molar-refractivity contribution in [3.8, 4) is 0 Å². The largest absolute Gasteiger partial charge is 0.481 e. The third-order valence-corrected chi connectivity index (χ3v) is 4.13. The molecule has 0 saturated heterocycles. The molecule has 2 aromatic rings. The first-order valence-corrected chi connectivity index (χ1v) is 9.89. The van der Waals surface area contributed by atoms with Crippen LogP contribution in [0.2, 0.25) is 6.82 Å². The molecule has 162 valence electrons. The van der Waals surface area contributed by atoms with Gasteiger partial charge in [0.2, 0.25) is 0 Å². The summed E-state index contributed by atoms with van der Waals surface area (Å²) in [5, 5.41) is 21.0. The molecule has 2 rings (SSSR count). The van der Waals surface area contributed by atoms with Crippen molar-refractivity contribution in [1.29, 1.82) is 0 Å². The summed E-state index contributed by atoms with van der Waals surface area (Å²) in [6.45, 7) is 7.53. The number of ether oxygens (including phenoxy) is 1. The molecule has 0 bridgehead atoms. The van der Waals surface area contributed by atoms with Crippen molar-refractivity contribution in [2.45, 2.75) is 64.9 Å². The lowest BCUT2D eigenvalue weighted by molar-refractivity contribution is -0.156. The number of hydrogen-bond acceptors (Lipinski definition) is 7. The molecular formula is C20H29BN4O5. The number of anilines is 1. The minimum Gasteiger partial charge on any atom is -0.481 e. The normalized spacial score (nSPS) is 12.3. The third-order valence-electron chi connectivity index (χ3n) is 4.13. The number of pyridine rings is 1. The van der Waals surface area contributed by atoms with Crippen molar-refractivity contribution in [1.82, 2.24) is 14.5 Å². The number of carboxylic acids is 1. The molecule has 0 aliphatic carbocycles. The maximum Gasteiger partial charge on any atom is 0.408 e. The quantitative estimate of drug-likeness (QED) is 0.398. The zero-order valence-electron chi connectivity index (χ0n) is 17.8. The minimum atomic E-state index is -0.844. The fraction of sp³-hybridized carbons (Fsp3) is 0.500. The Balaban J connectivity index is 2.17. The van der Waals surface area contributed by atoms with Gasteiger partial charge in [0.05, 0.1) is 12.0 Å². The molecule has 30 heavy (non-hydrogen) atoms. The lowest BCUT2D eigenvalue weighted by Gasteiger charge is -2.23. The third kappa shape index (κ3) is 7.86. The number of nitrogens with zero attached hydrogens (tertiary/aromatic N) is 3. The van der Waals surface area contributed by atoms with Crippen LogP contribution >= 0.6 is 0 Å². The second-order valence-corrected chi connectivity index (χ2v) is 8.20. The molecular weight excluding hydrogens is 387 g/mol. The van der Waals surface area contributed by atoms with Gasteiger partial charge in [-0.05, 0) is 52.1 Å². The summed E-state index contributed by atoms with van der Waals surface area (Å²) < 4.78 is 7.37.